The van der Waals surface area contributed by atoms with Crippen LogP contribution in [0.1, 0.15) is 17.5 Å². The van der Waals surface area contributed by atoms with Crippen molar-refractivity contribution in [1.82, 2.24) is 5.32 Å². The fourth-order valence-corrected chi connectivity index (χ4v) is 4.39. The SMILES string of the molecule is O=C(CCl)NCCCN1C(=O)C2(COc3cc4c(cc32)OCO4)c2ccccc21. The van der Waals surface area contributed by atoms with Gasteiger partial charge in [0, 0.05) is 30.4 Å². The zero-order valence-electron chi connectivity index (χ0n) is 15.6. The second-order valence-electron chi connectivity index (χ2n) is 7.21. The third-order valence-electron chi connectivity index (χ3n) is 5.65. The first-order chi connectivity index (χ1) is 14.1. The first-order valence-electron chi connectivity index (χ1n) is 9.46. The van der Waals surface area contributed by atoms with E-state index in [2.05, 4.69) is 5.32 Å². The van der Waals surface area contributed by atoms with Gasteiger partial charge in [0.2, 0.25) is 18.6 Å². The summed E-state index contributed by atoms with van der Waals surface area (Å²) in [6, 6.07) is 11.4. The van der Waals surface area contributed by atoms with Gasteiger partial charge in [-0.05, 0) is 24.1 Å². The van der Waals surface area contributed by atoms with Crippen molar-refractivity contribution in [2.24, 2.45) is 0 Å². The lowest BCUT2D eigenvalue weighted by Crippen LogP contribution is -2.43. The minimum absolute atomic E-state index is 0.0278. The monoisotopic (exact) mass is 414 g/mol. The van der Waals surface area contributed by atoms with E-state index in [-0.39, 0.29) is 31.1 Å². The molecule has 0 radical (unpaired) electrons. The highest BCUT2D eigenvalue weighted by atomic mass is 35.5. The van der Waals surface area contributed by atoms with Gasteiger partial charge in [-0.25, -0.2) is 0 Å². The summed E-state index contributed by atoms with van der Waals surface area (Å²) in [5.74, 6) is 1.59. The van der Waals surface area contributed by atoms with Crippen LogP contribution in [-0.2, 0) is 15.0 Å². The van der Waals surface area contributed by atoms with Crippen LogP contribution in [0.4, 0.5) is 5.69 Å². The highest BCUT2D eigenvalue weighted by Gasteiger charge is 2.57. The molecular weight excluding hydrogens is 396 g/mol. The van der Waals surface area contributed by atoms with Crippen molar-refractivity contribution in [2.75, 3.05) is 37.3 Å². The number of fused-ring (bicyclic) bond motifs is 5. The maximum Gasteiger partial charge on any atom is 0.245 e. The molecule has 1 atom stereocenters. The normalized spacial score (nSPS) is 20.6. The van der Waals surface area contributed by atoms with Crippen molar-refractivity contribution in [3.8, 4) is 17.2 Å². The Bertz CT molecular complexity index is 1010. The molecule has 2 aromatic rings. The van der Waals surface area contributed by atoms with Crippen LogP contribution in [0.5, 0.6) is 17.2 Å². The Morgan fingerprint density at radius 1 is 1.10 bits per heavy atom. The first-order valence-corrected chi connectivity index (χ1v) is 9.99. The number of carbonyl (C=O) groups excluding carboxylic acids is 2. The molecule has 7 nitrogen and oxygen atoms in total. The Labute approximate surface area is 172 Å². The fraction of sp³-hybridized carbons (Fsp3) is 0.333. The number of halogens is 1. The molecule has 1 N–H and O–H groups in total. The molecule has 0 aromatic heterocycles. The van der Waals surface area contributed by atoms with Gasteiger partial charge in [0.15, 0.2) is 11.5 Å². The number of alkyl halides is 1. The van der Waals surface area contributed by atoms with E-state index in [0.29, 0.717) is 36.8 Å². The summed E-state index contributed by atoms with van der Waals surface area (Å²) in [5.41, 5.74) is 1.70. The summed E-state index contributed by atoms with van der Waals surface area (Å²) >= 11 is 5.51. The molecule has 1 spiro atoms. The van der Waals surface area contributed by atoms with Gasteiger partial charge >= 0.3 is 0 Å². The van der Waals surface area contributed by atoms with Gasteiger partial charge in [0.25, 0.3) is 0 Å². The molecule has 2 amide bonds. The Morgan fingerprint density at radius 2 is 1.90 bits per heavy atom. The molecular formula is C21H19ClN2O5. The minimum atomic E-state index is -0.897. The predicted octanol–water partition coefficient (Wildman–Crippen LogP) is 2.19. The molecule has 2 aromatic carbocycles. The van der Waals surface area contributed by atoms with Gasteiger partial charge in [0.1, 0.15) is 23.7 Å². The second-order valence-corrected chi connectivity index (χ2v) is 7.47. The van der Waals surface area contributed by atoms with E-state index in [9.17, 15) is 9.59 Å². The van der Waals surface area contributed by atoms with E-state index in [0.717, 1.165) is 16.8 Å². The number of amides is 2. The van der Waals surface area contributed by atoms with Crippen LogP contribution in [0.15, 0.2) is 36.4 Å². The Kier molecular flexibility index (Phi) is 4.28. The molecule has 1 unspecified atom stereocenters. The smallest absolute Gasteiger partial charge is 0.245 e. The molecule has 150 valence electrons. The number of carbonyl (C=O) groups is 2. The van der Waals surface area contributed by atoms with Gasteiger partial charge in [-0.1, -0.05) is 18.2 Å². The third-order valence-corrected chi connectivity index (χ3v) is 5.89. The van der Waals surface area contributed by atoms with Crippen LogP contribution in [0, 0.1) is 0 Å². The second kappa shape index (κ2) is 6.84. The molecule has 5 rings (SSSR count). The molecule has 0 bridgehead atoms. The van der Waals surface area contributed by atoms with Crippen molar-refractivity contribution in [3.05, 3.63) is 47.5 Å². The first kappa shape index (κ1) is 18.1. The van der Waals surface area contributed by atoms with Crippen molar-refractivity contribution >= 4 is 29.1 Å². The van der Waals surface area contributed by atoms with E-state index < -0.39 is 5.41 Å². The number of nitrogens with zero attached hydrogens (tertiary/aromatic N) is 1. The summed E-state index contributed by atoms with van der Waals surface area (Å²) in [4.78, 5) is 26.8. The van der Waals surface area contributed by atoms with Crippen LogP contribution in [-0.4, -0.2) is 44.2 Å². The van der Waals surface area contributed by atoms with Crippen LogP contribution in [0.25, 0.3) is 0 Å². The summed E-state index contributed by atoms with van der Waals surface area (Å²) in [5, 5.41) is 2.74. The average molecular weight is 415 g/mol. The van der Waals surface area contributed by atoms with E-state index in [1.807, 2.05) is 30.3 Å². The lowest BCUT2D eigenvalue weighted by atomic mass is 9.77. The molecule has 3 aliphatic rings. The van der Waals surface area contributed by atoms with Gasteiger partial charge in [0.05, 0.1) is 0 Å². The maximum atomic E-state index is 13.7. The van der Waals surface area contributed by atoms with E-state index in [4.69, 9.17) is 25.8 Å². The number of anilines is 1. The lowest BCUT2D eigenvalue weighted by Gasteiger charge is -2.23. The number of para-hydroxylation sites is 1. The molecule has 3 aliphatic heterocycles. The predicted molar refractivity (Wildman–Crippen MR) is 106 cm³/mol. The molecule has 0 aliphatic carbocycles. The zero-order valence-corrected chi connectivity index (χ0v) is 16.3. The Morgan fingerprint density at radius 3 is 2.72 bits per heavy atom. The average Bonchev–Trinajstić information content (AvgIpc) is 3.41. The van der Waals surface area contributed by atoms with Gasteiger partial charge in [-0.2, -0.15) is 0 Å². The molecule has 29 heavy (non-hydrogen) atoms. The quantitative estimate of drug-likeness (QED) is 0.599. The largest absolute Gasteiger partial charge is 0.491 e. The van der Waals surface area contributed by atoms with Gasteiger partial charge in [-0.15, -0.1) is 11.6 Å². The molecule has 0 saturated heterocycles. The number of hydrogen-bond acceptors (Lipinski definition) is 5. The fourth-order valence-electron chi connectivity index (χ4n) is 4.30. The number of rotatable bonds is 5. The van der Waals surface area contributed by atoms with Gasteiger partial charge < -0.3 is 24.4 Å². The van der Waals surface area contributed by atoms with E-state index in [1.165, 1.54) is 0 Å². The van der Waals surface area contributed by atoms with Crippen molar-refractivity contribution in [1.29, 1.82) is 0 Å². The van der Waals surface area contributed by atoms with E-state index in [1.54, 1.807) is 11.0 Å². The zero-order chi connectivity index (χ0) is 20.0. The Hall–Kier alpha value is -2.93. The maximum absolute atomic E-state index is 13.7. The van der Waals surface area contributed by atoms with Crippen molar-refractivity contribution in [2.45, 2.75) is 11.8 Å². The summed E-state index contributed by atoms with van der Waals surface area (Å²) in [7, 11) is 0. The van der Waals surface area contributed by atoms with E-state index >= 15 is 0 Å². The number of hydrogen-bond donors (Lipinski definition) is 1. The summed E-state index contributed by atoms with van der Waals surface area (Å²) in [6.45, 7) is 1.34. The lowest BCUT2D eigenvalue weighted by molar-refractivity contribution is -0.122. The molecule has 3 heterocycles. The van der Waals surface area contributed by atoms with Gasteiger partial charge in [-0.3, -0.25) is 9.59 Å². The number of nitrogens with one attached hydrogen (secondary N) is 1. The van der Waals surface area contributed by atoms with Crippen molar-refractivity contribution < 1.29 is 23.8 Å². The number of benzene rings is 2. The molecule has 8 heteroatoms. The van der Waals surface area contributed by atoms with Crippen molar-refractivity contribution in [3.63, 3.8) is 0 Å². The third kappa shape index (κ3) is 2.64. The standard InChI is InChI=1S/C21H19ClN2O5/c22-10-19(25)23-6-3-7-24-15-5-2-1-4-13(15)21(20(24)26)11-27-16-9-18-17(8-14(16)21)28-12-29-18/h1-2,4-5,8-9H,3,6-7,10-12H2,(H,23,25). The number of ether oxygens (including phenoxy) is 3. The highest BCUT2D eigenvalue weighted by molar-refractivity contribution is 6.27. The highest BCUT2D eigenvalue weighted by Crippen LogP contribution is 2.54. The summed E-state index contributed by atoms with van der Waals surface area (Å²) in [6.07, 6.45) is 0.619. The Balaban J connectivity index is 1.49. The van der Waals surface area contributed by atoms with Crippen LogP contribution >= 0.6 is 11.6 Å². The van der Waals surface area contributed by atoms with Crippen LogP contribution < -0.4 is 24.4 Å². The van der Waals surface area contributed by atoms with Crippen LogP contribution in [0.3, 0.4) is 0 Å². The summed E-state index contributed by atoms with van der Waals surface area (Å²) < 4.78 is 16.9. The minimum Gasteiger partial charge on any atom is -0.491 e. The molecule has 0 saturated carbocycles. The molecule has 0 fully saturated rings. The topological polar surface area (TPSA) is 77.1 Å². The van der Waals surface area contributed by atoms with Crippen LogP contribution in [0.2, 0.25) is 0 Å².